The average Bonchev–Trinajstić information content (AvgIpc) is 2.61. The van der Waals surface area contributed by atoms with Gasteiger partial charge >= 0.3 is 0 Å². The molecule has 0 atom stereocenters. The van der Waals surface area contributed by atoms with Crippen LogP contribution in [0.3, 0.4) is 0 Å². The maximum atomic E-state index is 9.34. The van der Waals surface area contributed by atoms with Gasteiger partial charge in [-0.25, -0.2) is 0 Å². The van der Waals surface area contributed by atoms with Crippen LogP contribution in [0.25, 0.3) is 10.9 Å². The second-order valence-electron chi connectivity index (χ2n) is 4.67. The second kappa shape index (κ2) is 5.13. The second-order valence-corrected chi connectivity index (χ2v) is 5.52. The van der Waals surface area contributed by atoms with Crippen molar-refractivity contribution in [1.82, 2.24) is 9.88 Å². The van der Waals surface area contributed by atoms with E-state index < -0.39 is 0 Å². The van der Waals surface area contributed by atoms with Crippen LogP contribution < -0.4 is 5.32 Å². The fourth-order valence-corrected chi connectivity index (χ4v) is 2.75. The molecule has 1 aromatic carbocycles. The Morgan fingerprint density at radius 1 is 1.44 bits per heavy atom. The monoisotopic (exact) mass is 305 g/mol. The predicted octanol–water partition coefficient (Wildman–Crippen LogP) is 3.31. The van der Waals surface area contributed by atoms with Crippen LogP contribution in [0, 0.1) is 11.3 Å². The molecule has 0 aliphatic heterocycles. The zero-order chi connectivity index (χ0) is 13.3. The lowest BCUT2D eigenvalue weighted by Gasteiger charge is -2.08. The molecule has 2 aromatic rings. The van der Waals surface area contributed by atoms with E-state index in [0.717, 1.165) is 26.6 Å². The van der Waals surface area contributed by atoms with Crippen LogP contribution in [-0.2, 0) is 13.6 Å². The Morgan fingerprint density at radius 3 is 2.78 bits per heavy atom. The zero-order valence-corrected chi connectivity index (χ0v) is 12.4. The summed E-state index contributed by atoms with van der Waals surface area (Å²) in [4.78, 5) is 0. The minimum absolute atomic E-state index is 0.397. The van der Waals surface area contributed by atoms with Crippen molar-refractivity contribution in [2.24, 2.45) is 7.05 Å². The Labute approximate surface area is 116 Å². The van der Waals surface area contributed by atoms with Crippen LogP contribution in [0.5, 0.6) is 0 Å². The number of nitrogens with zero attached hydrogens (tertiary/aromatic N) is 2. The number of hydrogen-bond donors (Lipinski definition) is 1. The molecule has 0 spiro atoms. The standard InChI is InChI=1S/C14H16BrN3/c1-9(2)17-8-10-13(7-16)18(3)12-6-4-5-11(15)14(10)12/h4-6,9,17H,8H2,1-3H3. The molecule has 1 heterocycles. The fourth-order valence-electron chi connectivity index (χ4n) is 2.15. The summed E-state index contributed by atoms with van der Waals surface area (Å²) >= 11 is 3.58. The number of benzene rings is 1. The Bertz CT molecular complexity index is 620. The van der Waals surface area contributed by atoms with Gasteiger partial charge in [0.1, 0.15) is 11.8 Å². The van der Waals surface area contributed by atoms with E-state index in [2.05, 4.69) is 41.2 Å². The van der Waals surface area contributed by atoms with Crippen LogP contribution in [0.15, 0.2) is 22.7 Å². The van der Waals surface area contributed by atoms with Gasteiger partial charge in [-0.15, -0.1) is 0 Å². The highest BCUT2D eigenvalue weighted by atomic mass is 79.9. The minimum atomic E-state index is 0.397. The molecule has 0 saturated carbocycles. The van der Waals surface area contributed by atoms with Crippen molar-refractivity contribution < 1.29 is 0 Å². The lowest BCUT2D eigenvalue weighted by atomic mass is 10.1. The van der Waals surface area contributed by atoms with E-state index in [4.69, 9.17) is 0 Å². The van der Waals surface area contributed by atoms with Crippen molar-refractivity contribution in [3.63, 3.8) is 0 Å². The van der Waals surface area contributed by atoms with Gasteiger partial charge in [-0.05, 0) is 12.1 Å². The Morgan fingerprint density at radius 2 is 2.17 bits per heavy atom. The normalized spacial score (nSPS) is 11.1. The fraction of sp³-hybridized carbons (Fsp3) is 0.357. The summed E-state index contributed by atoms with van der Waals surface area (Å²) in [5, 5.41) is 13.9. The number of nitrogens with one attached hydrogen (secondary N) is 1. The Hall–Kier alpha value is -1.31. The van der Waals surface area contributed by atoms with Gasteiger partial charge < -0.3 is 9.88 Å². The molecule has 1 aromatic heterocycles. The third kappa shape index (κ3) is 2.16. The molecule has 0 saturated heterocycles. The maximum Gasteiger partial charge on any atom is 0.125 e. The predicted molar refractivity (Wildman–Crippen MR) is 77.3 cm³/mol. The van der Waals surface area contributed by atoms with Gasteiger partial charge in [-0.2, -0.15) is 5.26 Å². The largest absolute Gasteiger partial charge is 0.335 e. The molecule has 3 nitrogen and oxygen atoms in total. The molecule has 18 heavy (non-hydrogen) atoms. The summed E-state index contributed by atoms with van der Waals surface area (Å²) in [6.45, 7) is 4.92. The summed E-state index contributed by atoms with van der Waals surface area (Å²) in [7, 11) is 1.94. The lowest BCUT2D eigenvalue weighted by Crippen LogP contribution is -2.22. The highest BCUT2D eigenvalue weighted by molar-refractivity contribution is 9.10. The van der Waals surface area contributed by atoms with Gasteiger partial charge in [-0.3, -0.25) is 0 Å². The van der Waals surface area contributed by atoms with Crippen LogP contribution in [0.1, 0.15) is 25.1 Å². The number of aryl methyl sites for hydroxylation is 1. The van der Waals surface area contributed by atoms with Crippen molar-refractivity contribution in [1.29, 1.82) is 5.26 Å². The van der Waals surface area contributed by atoms with Gasteiger partial charge in [0.2, 0.25) is 0 Å². The SMILES string of the molecule is CC(C)NCc1c(C#N)n(C)c2cccc(Br)c12. The van der Waals surface area contributed by atoms with E-state index >= 15 is 0 Å². The van der Waals surface area contributed by atoms with E-state index in [9.17, 15) is 5.26 Å². The summed E-state index contributed by atoms with van der Waals surface area (Å²) in [5.41, 5.74) is 2.88. The van der Waals surface area contributed by atoms with Crippen molar-refractivity contribution >= 4 is 26.8 Å². The zero-order valence-electron chi connectivity index (χ0n) is 10.8. The number of halogens is 1. The molecule has 0 bridgehead atoms. The Kier molecular flexibility index (Phi) is 3.74. The van der Waals surface area contributed by atoms with Crippen LogP contribution in [0.4, 0.5) is 0 Å². The van der Waals surface area contributed by atoms with Crippen molar-refractivity contribution in [3.8, 4) is 6.07 Å². The van der Waals surface area contributed by atoms with E-state index in [1.54, 1.807) is 0 Å². The quantitative estimate of drug-likeness (QED) is 0.945. The third-order valence-electron chi connectivity index (χ3n) is 3.07. The highest BCUT2D eigenvalue weighted by Crippen LogP contribution is 2.31. The molecular weight excluding hydrogens is 290 g/mol. The van der Waals surface area contributed by atoms with Crippen molar-refractivity contribution in [3.05, 3.63) is 33.9 Å². The highest BCUT2D eigenvalue weighted by Gasteiger charge is 2.16. The van der Waals surface area contributed by atoms with Gasteiger partial charge in [0.25, 0.3) is 0 Å². The molecule has 1 N–H and O–H groups in total. The molecule has 0 amide bonds. The van der Waals surface area contributed by atoms with Crippen LogP contribution in [0.2, 0.25) is 0 Å². The number of hydrogen-bond acceptors (Lipinski definition) is 2. The molecule has 0 radical (unpaired) electrons. The summed E-state index contributed by atoms with van der Waals surface area (Å²) in [6.07, 6.45) is 0. The third-order valence-corrected chi connectivity index (χ3v) is 3.73. The van der Waals surface area contributed by atoms with E-state index in [1.807, 2.05) is 29.8 Å². The maximum absolute atomic E-state index is 9.34. The first-order chi connectivity index (χ1) is 8.56. The summed E-state index contributed by atoms with van der Waals surface area (Å²) in [6, 6.07) is 8.75. The number of nitriles is 1. The van der Waals surface area contributed by atoms with Crippen molar-refractivity contribution in [2.45, 2.75) is 26.4 Å². The van der Waals surface area contributed by atoms with E-state index in [0.29, 0.717) is 12.6 Å². The lowest BCUT2D eigenvalue weighted by molar-refractivity contribution is 0.589. The molecule has 0 fully saturated rings. The number of rotatable bonds is 3. The van der Waals surface area contributed by atoms with Crippen LogP contribution >= 0.6 is 15.9 Å². The van der Waals surface area contributed by atoms with E-state index in [1.165, 1.54) is 0 Å². The van der Waals surface area contributed by atoms with Gasteiger partial charge in [0.15, 0.2) is 0 Å². The molecule has 94 valence electrons. The average molecular weight is 306 g/mol. The topological polar surface area (TPSA) is 40.8 Å². The van der Waals surface area contributed by atoms with Crippen LogP contribution in [-0.4, -0.2) is 10.6 Å². The Balaban J connectivity index is 2.65. The van der Waals surface area contributed by atoms with Gasteiger partial charge in [0, 0.05) is 35.1 Å². The number of aromatic nitrogens is 1. The molecule has 0 aliphatic rings. The molecule has 2 rings (SSSR count). The first-order valence-corrected chi connectivity index (χ1v) is 6.74. The minimum Gasteiger partial charge on any atom is -0.335 e. The van der Waals surface area contributed by atoms with Crippen molar-refractivity contribution in [2.75, 3.05) is 0 Å². The summed E-state index contributed by atoms with van der Waals surface area (Å²) < 4.78 is 3.00. The van der Waals surface area contributed by atoms with Gasteiger partial charge in [-0.1, -0.05) is 35.8 Å². The first-order valence-electron chi connectivity index (χ1n) is 5.95. The number of fused-ring (bicyclic) bond motifs is 1. The molecule has 0 aliphatic carbocycles. The molecule has 0 unspecified atom stereocenters. The molecular formula is C14H16BrN3. The summed E-state index contributed by atoms with van der Waals surface area (Å²) in [5.74, 6) is 0. The first kappa shape index (κ1) is 13.1. The molecule has 4 heteroatoms. The smallest absolute Gasteiger partial charge is 0.125 e. The van der Waals surface area contributed by atoms with E-state index in [-0.39, 0.29) is 0 Å². The van der Waals surface area contributed by atoms with Gasteiger partial charge in [0.05, 0.1) is 5.52 Å².